The number of aryl methyl sites for hydroxylation is 1. The largest absolute Gasteiger partial charge is 0.394 e. The van der Waals surface area contributed by atoms with Crippen molar-refractivity contribution in [3.63, 3.8) is 0 Å². The fraction of sp³-hybridized carbons (Fsp3) is 0.150. The molecule has 1 aromatic carbocycles. The molecule has 0 fully saturated rings. The third-order valence-corrected chi connectivity index (χ3v) is 5.00. The van der Waals surface area contributed by atoms with E-state index in [-0.39, 0.29) is 17.2 Å². The number of aliphatic hydroxyl groups excluding tert-OH is 1. The number of aliphatic hydroxyl groups is 1. The molecule has 1 atom stereocenters. The zero-order valence-electron chi connectivity index (χ0n) is 16.3. The van der Waals surface area contributed by atoms with Gasteiger partial charge in [0.25, 0.3) is 5.56 Å². The van der Waals surface area contributed by atoms with Crippen LogP contribution in [0, 0.1) is 5.82 Å². The van der Waals surface area contributed by atoms with Crippen molar-refractivity contribution in [2.75, 3.05) is 11.9 Å². The topological polar surface area (TPSA) is 111 Å². The minimum Gasteiger partial charge on any atom is -0.394 e. The van der Waals surface area contributed by atoms with Gasteiger partial charge in [-0.3, -0.25) is 4.79 Å². The first-order chi connectivity index (χ1) is 15.0. The standard InChI is InChI=1S/C20H17ClFN7O2/c1-28-18(10-24-27-28)26-20-23-6-4-16(25-20)12-5-7-29(19(31)9-12)17(11-30)13-2-3-14(21)15(22)8-13/h2-10,17,30H,11H2,1H3,(H,23,25,26)/t17-/m1/s1. The van der Waals surface area contributed by atoms with E-state index in [2.05, 4.69) is 25.6 Å². The number of pyridine rings is 1. The minimum absolute atomic E-state index is 0.0294. The van der Waals surface area contributed by atoms with Crippen LogP contribution in [-0.2, 0) is 7.05 Å². The van der Waals surface area contributed by atoms with Crippen molar-refractivity contribution in [1.82, 2.24) is 29.5 Å². The molecule has 0 saturated carbocycles. The van der Waals surface area contributed by atoms with E-state index in [0.29, 0.717) is 28.6 Å². The van der Waals surface area contributed by atoms with Crippen LogP contribution in [0.15, 0.2) is 59.8 Å². The summed E-state index contributed by atoms with van der Waals surface area (Å²) in [6.45, 7) is -0.388. The van der Waals surface area contributed by atoms with Crippen molar-refractivity contribution in [1.29, 1.82) is 0 Å². The van der Waals surface area contributed by atoms with Crippen LogP contribution in [0.4, 0.5) is 16.2 Å². The number of aromatic nitrogens is 6. The molecule has 0 unspecified atom stereocenters. The van der Waals surface area contributed by atoms with E-state index in [1.54, 1.807) is 31.4 Å². The number of hydrogen-bond acceptors (Lipinski definition) is 7. The number of rotatable bonds is 6. The van der Waals surface area contributed by atoms with Crippen LogP contribution in [0.25, 0.3) is 11.3 Å². The van der Waals surface area contributed by atoms with Crippen LogP contribution in [0.3, 0.4) is 0 Å². The molecule has 0 aliphatic carbocycles. The Bertz CT molecular complexity index is 1290. The van der Waals surface area contributed by atoms with E-state index >= 15 is 0 Å². The highest BCUT2D eigenvalue weighted by Crippen LogP contribution is 2.23. The summed E-state index contributed by atoms with van der Waals surface area (Å²) in [6, 6.07) is 8.17. The van der Waals surface area contributed by atoms with E-state index in [1.807, 2.05) is 0 Å². The van der Waals surface area contributed by atoms with Crippen molar-refractivity contribution in [2.24, 2.45) is 7.05 Å². The van der Waals surface area contributed by atoms with Crippen LogP contribution in [0.5, 0.6) is 0 Å². The number of anilines is 2. The Morgan fingerprint density at radius 1 is 1.26 bits per heavy atom. The normalized spacial score (nSPS) is 12.0. The van der Waals surface area contributed by atoms with Crippen molar-refractivity contribution in [2.45, 2.75) is 6.04 Å². The van der Waals surface area contributed by atoms with Crippen LogP contribution >= 0.6 is 11.6 Å². The SMILES string of the molecule is Cn1nncc1Nc1nccc(-c2ccn([C@H](CO)c3ccc(Cl)c(F)c3)c(=O)c2)n1. The van der Waals surface area contributed by atoms with Gasteiger partial charge in [-0.2, -0.15) is 0 Å². The quantitative estimate of drug-likeness (QED) is 0.473. The molecule has 158 valence electrons. The second-order valence-corrected chi connectivity index (χ2v) is 7.07. The Balaban J connectivity index is 1.64. The lowest BCUT2D eigenvalue weighted by Crippen LogP contribution is -2.27. The molecule has 0 spiro atoms. The minimum atomic E-state index is -0.756. The second-order valence-electron chi connectivity index (χ2n) is 6.67. The predicted octanol–water partition coefficient (Wildman–Crippen LogP) is 2.55. The molecule has 9 nitrogen and oxygen atoms in total. The van der Waals surface area contributed by atoms with Gasteiger partial charge in [-0.25, -0.2) is 19.0 Å². The molecular formula is C20H17ClFN7O2. The summed E-state index contributed by atoms with van der Waals surface area (Å²) in [4.78, 5) is 21.4. The molecule has 0 amide bonds. The summed E-state index contributed by atoms with van der Waals surface area (Å²) < 4.78 is 16.7. The molecule has 11 heteroatoms. The van der Waals surface area contributed by atoms with Gasteiger partial charge in [0, 0.05) is 31.1 Å². The summed E-state index contributed by atoms with van der Waals surface area (Å²) in [5, 5.41) is 20.4. The average molecular weight is 442 g/mol. The van der Waals surface area contributed by atoms with Crippen LogP contribution in [0.1, 0.15) is 11.6 Å². The van der Waals surface area contributed by atoms with Crippen LogP contribution in [0.2, 0.25) is 5.02 Å². The molecule has 0 aliphatic rings. The first kappa shape index (κ1) is 20.6. The number of hydrogen-bond donors (Lipinski definition) is 2. The smallest absolute Gasteiger partial charge is 0.251 e. The highest BCUT2D eigenvalue weighted by Gasteiger charge is 2.16. The first-order valence-corrected chi connectivity index (χ1v) is 9.57. The van der Waals surface area contributed by atoms with Gasteiger partial charge >= 0.3 is 0 Å². The zero-order chi connectivity index (χ0) is 22.0. The number of nitrogens with zero attached hydrogens (tertiary/aromatic N) is 6. The van der Waals surface area contributed by atoms with E-state index in [0.717, 1.165) is 0 Å². The molecule has 4 rings (SSSR count). The monoisotopic (exact) mass is 441 g/mol. The Morgan fingerprint density at radius 2 is 2.10 bits per heavy atom. The number of benzene rings is 1. The first-order valence-electron chi connectivity index (χ1n) is 9.19. The second kappa shape index (κ2) is 8.62. The van der Waals surface area contributed by atoms with Crippen molar-refractivity contribution < 1.29 is 9.50 Å². The Hall–Kier alpha value is -3.63. The van der Waals surface area contributed by atoms with Crippen molar-refractivity contribution in [3.05, 3.63) is 81.7 Å². The molecule has 4 aromatic rings. The maximum absolute atomic E-state index is 13.8. The lowest BCUT2D eigenvalue weighted by Gasteiger charge is -2.18. The third kappa shape index (κ3) is 4.30. The zero-order valence-corrected chi connectivity index (χ0v) is 17.0. The van der Waals surface area contributed by atoms with Gasteiger partial charge in [0.05, 0.1) is 29.6 Å². The molecule has 2 N–H and O–H groups in total. The molecule has 0 saturated heterocycles. The predicted molar refractivity (Wildman–Crippen MR) is 113 cm³/mol. The Kier molecular flexibility index (Phi) is 5.74. The van der Waals surface area contributed by atoms with E-state index < -0.39 is 11.9 Å². The van der Waals surface area contributed by atoms with Gasteiger partial charge in [-0.1, -0.05) is 22.9 Å². The average Bonchev–Trinajstić information content (AvgIpc) is 3.16. The summed E-state index contributed by atoms with van der Waals surface area (Å²) in [7, 11) is 1.73. The summed E-state index contributed by atoms with van der Waals surface area (Å²) in [6.07, 6.45) is 4.63. The lowest BCUT2D eigenvalue weighted by molar-refractivity contribution is 0.247. The van der Waals surface area contributed by atoms with E-state index in [9.17, 15) is 14.3 Å². The van der Waals surface area contributed by atoms with Gasteiger partial charge in [-0.05, 0) is 29.8 Å². The maximum Gasteiger partial charge on any atom is 0.251 e. The molecule has 3 heterocycles. The number of nitrogens with one attached hydrogen (secondary N) is 1. The molecule has 0 radical (unpaired) electrons. The van der Waals surface area contributed by atoms with E-state index in [4.69, 9.17) is 11.6 Å². The van der Waals surface area contributed by atoms with Gasteiger partial charge in [0.15, 0.2) is 5.82 Å². The van der Waals surface area contributed by atoms with Crippen molar-refractivity contribution >= 4 is 23.4 Å². The number of halogens is 2. The molecule has 31 heavy (non-hydrogen) atoms. The summed E-state index contributed by atoms with van der Waals surface area (Å²) in [5.41, 5.74) is 1.14. The van der Waals surface area contributed by atoms with Gasteiger partial charge in [0.2, 0.25) is 5.95 Å². The Labute approximate surface area is 180 Å². The highest BCUT2D eigenvalue weighted by atomic mass is 35.5. The molecule has 0 aliphatic heterocycles. The van der Waals surface area contributed by atoms with Gasteiger partial charge in [-0.15, -0.1) is 5.10 Å². The molecular weight excluding hydrogens is 425 g/mol. The van der Waals surface area contributed by atoms with Crippen molar-refractivity contribution in [3.8, 4) is 11.3 Å². The highest BCUT2D eigenvalue weighted by molar-refractivity contribution is 6.30. The van der Waals surface area contributed by atoms with Crippen LogP contribution < -0.4 is 10.9 Å². The van der Waals surface area contributed by atoms with Gasteiger partial charge in [0.1, 0.15) is 5.82 Å². The fourth-order valence-electron chi connectivity index (χ4n) is 3.08. The molecule has 0 bridgehead atoms. The Morgan fingerprint density at radius 3 is 2.77 bits per heavy atom. The van der Waals surface area contributed by atoms with Gasteiger partial charge < -0.3 is 15.0 Å². The summed E-state index contributed by atoms with van der Waals surface area (Å²) >= 11 is 5.73. The third-order valence-electron chi connectivity index (χ3n) is 4.69. The van der Waals surface area contributed by atoms with E-state index in [1.165, 1.54) is 39.8 Å². The summed E-state index contributed by atoms with van der Waals surface area (Å²) in [5.74, 6) is 0.303. The molecule has 3 aromatic heterocycles. The lowest BCUT2D eigenvalue weighted by atomic mass is 10.1. The fourth-order valence-corrected chi connectivity index (χ4v) is 3.19. The maximum atomic E-state index is 13.8. The van der Waals surface area contributed by atoms with Crippen LogP contribution in [-0.4, -0.2) is 41.2 Å².